The Kier molecular flexibility index (Phi) is 24.1. The number of aliphatic hydroxyl groups excluding tert-OH is 1. The van der Waals surface area contributed by atoms with Crippen LogP contribution in [0.15, 0.2) is 110 Å². The molecule has 4 aliphatic rings. The molecule has 4 fully saturated rings. The van der Waals surface area contributed by atoms with Crippen molar-refractivity contribution in [1.82, 2.24) is 51.3 Å². The summed E-state index contributed by atoms with van der Waals surface area (Å²) >= 11 is 0. The lowest BCUT2D eigenvalue weighted by atomic mass is 9.65. The van der Waals surface area contributed by atoms with Gasteiger partial charge >= 0.3 is 24.2 Å². The van der Waals surface area contributed by atoms with Crippen LogP contribution in [0.1, 0.15) is 125 Å². The highest BCUT2D eigenvalue weighted by Gasteiger charge is 2.46. The van der Waals surface area contributed by atoms with Gasteiger partial charge in [-0.15, -0.1) is 0 Å². The van der Waals surface area contributed by atoms with Gasteiger partial charge in [0.15, 0.2) is 6.10 Å². The van der Waals surface area contributed by atoms with Crippen LogP contribution in [0.5, 0.6) is 0 Å². The minimum Gasteiger partial charge on any atom is -0.449 e. The number of hydrogen-bond donors (Lipinski definition) is 6. The standard InChI is InChI=1S/C64H88N10O11/c1-47(51-15-5-3-6-16-51)69-57(76)55(75)54(20-10-12-30-68-60(79)73-37-41-83-42-38-73)74(45-63(25-13-26-63)43-49-21-31-65-32-22-49)62(81)85-56(58(77)70-48(2)52-17-7-4-8-18-52)53(19-9-11-29-67-59(78)72-35-39-82-40-36-72)71-61(80)84-46-64(27-14-28-64)44-50-23-33-66-34-24-50/h3-8,15-18,21-24,31-34,47-48,53-56,75H,9-14,19-20,25-30,35-46H2,1-2H3,(H,67,78)(H,68,79)(H,69,76)(H,70,77)(H,71,80)/t47-,48-,53+,54?,55?,56?/m1/s1. The second-order valence-corrected chi connectivity index (χ2v) is 23.5. The SMILES string of the molecule is C[C@@H](NC(=O)C(O)C(CCCCNC(=O)N1CCOCC1)N(CC1(Cc2ccncc2)CCC1)C(=O)OC(C(=O)N[C@H](C)c1ccccc1)[C@H](CCCCNC(=O)N1CCOCC1)NC(=O)OCC1(Cc2ccncc2)CCC1)c1ccccc1. The molecular formula is C64H88N10O11. The number of benzene rings is 2. The first kappa shape index (κ1) is 63.7. The fourth-order valence-corrected chi connectivity index (χ4v) is 11.9. The zero-order chi connectivity index (χ0) is 59.9. The van der Waals surface area contributed by atoms with Crippen molar-refractivity contribution >= 4 is 36.1 Å². The Morgan fingerprint density at radius 1 is 0.612 bits per heavy atom. The molecular weight excluding hydrogens is 1080 g/mol. The number of hydrogen-bond acceptors (Lipinski definition) is 13. The number of nitrogens with one attached hydrogen (secondary N) is 5. The molecule has 0 radical (unpaired) electrons. The molecule has 2 aromatic carbocycles. The lowest BCUT2D eigenvalue weighted by Crippen LogP contribution is -2.59. The summed E-state index contributed by atoms with van der Waals surface area (Å²) < 4.78 is 23.6. The third-order valence-corrected chi connectivity index (χ3v) is 17.3. The molecule has 6 atom stereocenters. The Morgan fingerprint density at radius 2 is 1.08 bits per heavy atom. The number of morpholine rings is 2. The van der Waals surface area contributed by atoms with E-state index in [1.807, 2.05) is 98.8 Å². The van der Waals surface area contributed by atoms with Crippen molar-refractivity contribution in [3.8, 4) is 0 Å². The summed E-state index contributed by atoms with van der Waals surface area (Å²) in [6, 6.07) is 22.6. The number of unbranched alkanes of at least 4 members (excludes halogenated alkanes) is 2. The molecule has 4 aromatic rings. The Bertz CT molecular complexity index is 2710. The third kappa shape index (κ3) is 19.1. The molecule has 2 aliphatic heterocycles. The fraction of sp³-hybridized carbons (Fsp3) is 0.562. The molecule has 21 nitrogen and oxygen atoms in total. The summed E-state index contributed by atoms with van der Waals surface area (Å²) in [5.74, 6) is -1.40. The van der Waals surface area contributed by atoms with E-state index < -0.39 is 65.8 Å². The molecule has 85 heavy (non-hydrogen) atoms. The summed E-state index contributed by atoms with van der Waals surface area (Å²) in [6.45, 7) is 8.05. The number of nitrogens with zero attached hydrogens (tertiary/aromatic N) is 5. The van der Waals surface area contributed by atoms with Crippen molar-refractivity contribution < 1.29 is 52.8 Å². The first-order valence-corrected chi connectivity index (χ1v) is 30.6. The van der Waals surface area contributed by atoms with E-state index in [1.54, 1.807) is 34.6 Å². The maximum absolute atomic E-state index is 15.9. The Labute approximate surface area is 500 Å². The molecule has 8 rings (SSSR count). The van der Waals surface area contributed by atoms with Crippen LogP contribution < -0.4 is 26.6 Å². The molecule has 2 saturated heterocycles. The summed E-state index contributed by atoms with van der Waals surface area (Å²) in [6.07, 6.45) is 9.76. The minimum absolute atomic E-state index is 0.0441. The van der Waals surface area contributed by atoms with Gasteiger partial charge in [0, 0.05) is 76.0 Å². The van der Waals surface area contributed by atoms with Gasteiger partial charge in [0.25, 0.3) is 11.8 Å². The van der Waals surface area contributed by atoms with E-state index in [0.717, 1.165) is 47.9 Å². The van der Waals surface area contributed by atoms with Crippen LogP contribution in [-0.2, 0) is 41.4 Å². The average molecular weight is 1170 g/mol. The smallest absolute Gasteiger partial charge is 0.411 e. The van der Waals surface area contributed by atoms with E-state index in [9.17, 15) is 24.3 Å². The van der Waals surface area contributed by atoms with Gasteiger partial charge < -0.3 is 65.3 Å². The predicted molar refractivity (Wildman–Crippen MR) is 319 cm³/mol. The lowest BCUT2D eigenvalue weighted by molar-refractivity contribution is -0.137. The summed E-state index contributed by atoms with van der Waals surface area (Å²) in [5, 5.41) is 27.6. The van der Waals surface area contributed by atoms with Crippen LogP contribution >= 0.6 is 0 Å². The Balaban J connectivity index is 1.11. The number of aromatic nitrogens is 2. The second kappa shape index (κ2) is 32.2. The van der Waals surface area contributed by atoms with E-state index >= 15 is 9.59 Å². The summed E-state index contributed by atoms with van der Waals surface area (Å²) in [5.41, 5.74) is 2.83. The van der Waals surface area contributed by atoms with Crippen LogP contribution in [0, 0.1) is 10.8 Å². The largest absolute Gasteiger partial charge is 0.449 e. The van der Waals surface area contributed by atoms with Gasteiger partial charge in [-0.1, -0.05) is 73.5 Å². The molecule has 4 heterocycles. The van der Waals surface area contributed by atoms with E-state index in [1.165, 1.54) is 4.90 Å². The van der Waals surface area contributed by atoms with Gasteiger partial charge in [-0.25, -0.2) is 19.2 Å². The number of amides is 8. The highest BCUT2D eigenvalue weighted by molar-refractivity contribution is 5.86. The van der Waals surface area contributed by atoms with Crippen LogP contribution in [0.4, 0.5) is 19.2 Å². The van der Waals surface area contributed by atoms with Crippen LogP contribution in [0.3, 0.4) is 0 Å². The van der Waals surface area contributed by atoms with Gasteiger partial charge in [-0.05, 0) is 143 Å². The van der Waals surface area contributed by atoms with Crippen LogP contribution in [0.2, 0.25) is 0 Å². The van der Waals surface area contributed by atoms with Gasteiger partial charge in [0.2, 0.25) is 6.10 Å². The predicted octanol–water partition coefficient (Wildman–Crippen LogP) is 7.41. The van der Waals surface area contributed by atoms with Crippen LogP contribution in [-0.4, -0.2) is 169 Å². The van der Waals surface area contributed by atoms with Gasteiger partial charge in [0.05, 0.1) is 57.2 Å². The molecule has 2 aliphatic carbocycles. The van der Waals surface area contributed by atoms with Crippen molar-refractivity contribution in [3.05, 3.63) is 132 Å². The highest BCUT2D eigenvalue weighted by Crippen LogP contribution is 2.46. The Morgan fingerprint density at radius 3 is 1.56 bits per heavy atom. The van der Waals surface area contributed by atoms with Crippen LogP contribution in [0.25, 0.3) is 0 Å². The topological polar surface area (TPSA) is 255 Å². The molecule has 0 spiro atoms. The molecule has 460 valence electrons. The van der Waals surface area contributed by atoms with Gasteiger partial charge in [-0.2, -0.15) is 0 Å². The first-order valence-electron chi connectivity index (χ1n) is 30.6. The van der Waals surface area contributed by atoms with E-state index in [4.69, 9.17) is 18.9 Å². The van der Waals surface area contributed by atoms with Gasteiger partial charge in [0.1, 0.15) is 0 Å². The van der Waals surface area contributed by atoms with Crippen molar-refractivity contribution in [3.63, 3.8) is 0 Å². The average Bonchev–Trinajstić information content (AvgIpc) is 3.36. The van der Waals surface area contributed by atoms with Crippen molar-refractivity contribution in [2.45, 2.75) is 140 Å². The maximum atomic E-state index is 15.9. The maximum Gasteiger partial charge on any atom is 0.411 e. The number of carbonyl (C=O) groups is 6. The Hall–Kier alpha value is -7.36. The summed E-state index contributed by atoms with van der Waals surface area (Å²) in [4.78, 5) is 99.6. The molecule has 21 heteroatoms. The normalized spacial score (nSPS) is 18.2. The van der Waals surface area contributed by atoms with E-state index in [2.05, 4.69) is 36.6 Å². The van der Waals surface area contributed by atoms with Crippen molar-refractivity contribution in [2.24, 2.45) is 10.8 Å². The molecule has 2 saturated carbocycles. The molecule has 6 N–H and O–H groups in total. The number of rotatable bonds is 29. The van der Waals surface area contributed by atoms with Gasteiger partial charge in [-0.3, -0.25) is 19.6 Å². The molecule has 2 aromatic heterocycles. The fourth-order valence-electron chi connectivity index (χ4n) is 11.9. The zero-order valence-corrected chi connectivity index (χ0v) is 49.5. The number of alkyl carbamates (subject to hydrolysis) is 1. The number of ether oxygens (including phenoxy) is 4. The number of aliphatic hydroxyl groups is 1. The molecule has 0 bridgehead atoms. The first-order chi connectivity index (χ1) is 41.3. The number of urea groups is 2. The molecule has 3 unspecified atom stereocenters. The zero-order valence-electron chi connectivity index (χ0n) is 49.5. The second-order valence-electron chi connectivity index (χ2n) is 23.5. The van der Waals surface area contributed by atoms with Crippen molar-refractivity contribution in [2.75, 3.05) is 78.8 Å². The van der Waals surface area contributed by atoms with E-state index in [-0.39, 0.29) is 43.5 Å². The monoisotopic (exact) mass is 1170 g/mol. The summed E-state index contributed by atoms with van der Waals surface area (Å²) in [7, 11) is 0. The number of pyridine rings is 2. The molecule has 8 amide bonds. The lowest BCUT2D eigenvalue weighted by Gasteiger charge is -2.47. The number of carbonyl (C=O) groups excluding carboxylic acids is 6. The quantitative estimate of drug-likeness (QED) is 0.0290. The highest BCUT2D eigenvalue weighted by atomic mass is 16.6. The minimum atomic E-state index is -1.78. The van der Waals surface area contributed by atoms with Crippen molar-refractivity contribution in [1.29, 1.82) is 0 Å². The third-order valence-electron chi connectivity index (χ3n) is 17.3. The van der Waals surface area contributed by atoms with E-state index in [0.29, 0.717) is 117 Å².